The first-order valence-corrected chi connectivity index (χ1v) is 8.01. The van der Waals surface area contributed by atoms with Crippen LogP contribution in [0.25, 0.3) is 0 Å². The summed E-state index contributed by atoms with van der Waals surface area (Å²) in [7, 11) is 1.51. The third-order valence-corrected chi connectivity index (χ3v) is 4.64. The minimum absolute atomic E-state index is 0.221. The van der Waals surface area contributed by atoms with Gasteiger partial charge in [0.05, 0.1) is 6.04 Å². The van der Waals surface area contributed by atoms with Gasteiger partial charge in [0.2, 0.25) is 5.91 Å². The van der Waals surface area contributed by atoms with Crippen LogP contribution in [0.15, 0.2) is 0 Å². The molecule has 0 unspecified atom stereocenters. The van der Waals surface area contributed by atoms with E-state index in [1.807, 2.05) is 18.7 Å². The fraction of sp³-hybridized carbons (Fsp3) is 0.846. The Balaban J connectivity index is 2.55. The maximum Gasteiger partial charge on any atom is 0.321 e. The molecule has 2 atom stereocenters. The van der Waals surface area contributed by atoms with Crippen LogP contribution in [0, 0.1) is 0 Å². The van der Waals surface area contributed by atoms with Gasteiger partial charge in [-0.25, -0.2) is 4.79 Å². The lowest BCUT2D eigenvalue weighted by Crippen LogP contribution is -2.50. The zero-order chi connectivity index (χ0) is 14.3. The zero-order valence-corrected chi connectivity index (χ0v) is 12.9. The summed E-state index contributed by atoms with van der Waals surface area (Å²) in [4.78, 5) is 25.3. The van der Waals surface area contributed by atoms with Crippen molar-refractivity contribution >= 4 is 23.7 Å². The van der Waals surface area contributed by atoms with Crippen molar-refractivity contribution in [3.05, 3.63) is 0 Å². The monoisotopic (exact) mass is 287 g/mol. The Hall–Kier alpha value is -0.750. The Labute approximate surface area is 119 Å². The van der Waals surface area contributed by atoms with Gasteiger partial charge in [-0.3, -0.25) is 15.0 Å². The predicted octanol–water partition coefficient (Wildman–Crippen LogP) is 1.44. The standard InChI is InChI=1S/C13H25N3O2S/c1-4-19-11-7-5-6-8-16(9-11)10(2)12(17)15-13(18)14-3/h10-11H,4-9H2,1-3H3,(H2,14,15,17,18)/t10-,11+/m0/s1. The molecule has 0 aromatic heterocycles. The summed E-state index contributed by atoms with van der Waals surface area (Å²) in [6, 6.07) is -0.693. The maximum absolute atomic E-state index is 12.0. The average molecular weight is 287 g/mol. The van der Waals surface area contributed by atoms with E-state index in [2.05, 4.69) is 22.5 Å². The maximum atomic E-state index is 12.0. The third-order valence-electron chi connectivity index (χ3n) is 3.45. The molecular formula is C13H25N3O2S. The molecule has 1 rings (SSSR count). The van der Waals surface area contributed by atoms with Gasteiger partial charge in [0.25, 0.3) is 0 Å². The lowest BCUT2D eigenvalue weighted by molar-refractivity contribution is -0.124. The van der Waals surface area contributed by atoms with Gasteiger partial charge in [-0.1, -0.05) is 13.3 Å². The first-order chi connectivity index (χ1) is 9.08. The van der Waals surface area contributed by atoms with Crippen molar-refractivity contribution < 1.29 is 9.59 Å². The summed E-state index contributed by atoms with van der Waals surface area (Å²) >= 11 is 1.96. The number of nitrogens with zero attached hydrogens (tertiary/aromatic N) is 1. The highest BCUT2D eigenvalue weighted by Gasteiger charge is 2.26. The van der Waals surface area contributed by atoms with Crippen LogP contribution in [0.1, 0.15) is 33.1 Å². The molecule has 19 heavy (non-hydrogen) atoms. The minimum atomic E-state index is -0.439. The minimum Gasteiger partial charge on any atom is -0.341 e. The van der Waals surface area contributed by atoms with Crippen molar-refractivity contribution in [1.29, 1.82) is 0 Å². The molecular weight excluding hydrogens is 262 g/mol. The molecule has 2 N–H and O–H groups in total. The first-order valence-electron chi connectivity index (χ1n) is 6.96. The summed E-state index contributed by atoms with van der Waals surface area (Å²) in [6.07, 6.45) is 3.56. The number of rotatable bonds is 4. The molecule has 1 heterocycles. The highest BCUT2D eigenvalue weighted by Crippen LogP contribution is 2.23. The molecule has 0 aliphatic carbocycles. The molecule has 1 saturated heterocycles. The molecule has 1 aliphatic heterocycles. The molecule has 1 fully saturated rings. The molecule has 110 valence electrons. The predicted molar refractivity (Wildman–Crippen MR) is 79.4 cm³/mol. The van der Waals surface area contributed by atoms with Gasteiger partial charge in [0.15, 0.2) is 0 Å². The van der Waals surface area contributed by atoms with Crippen LogP contribution in [0.5, 0.6) is 0 Å². The smallest absolute Gasteiger partial charge is 0.321 e. The summed E-state index contributed by atoms with van der Waals surface area (Å²) in [6.45, 7) is 5.91. The quantitative estimate of drug-likeness (QED) is 0.821. The molecule has 3 amide bonds. The average Bonchev–Trinajstić information content (AvgIpc) is 2.63. The summed E-state index contributed by atoms with van der Waals surface area (Å²) in [5.74, 6) is 0.888. The second-order valence-corrected chi connectivity index (χ2v) is 6.39. The van der Waals surface area contributed by atoms with E-state index in [-0.39, 0.29) is 11.9 Å². The van der Waals surface area contributed by atoms with E-state index in [9.17, 15) is 9.59 Å². The molecule has 0 radical (unpaired) electrons. The second kappa shape index (κ2) is 8.43. The molecule has 0 aromatic carbocycles. The van der Waals surface area contributed by atoms with E-state index in [0.29, 0.717) is 5.25 Å². The number of hydrogen-bond donors (Lipinski definition) is 2. The van der Waals surface area contributed by atoms with Crippen molar-refractivity contribution in [2.45, 2.75) is 44.4 Å². The summed E-state index contributed by atoms with van der Waals surface area (Å²) in [5.41, 5.74) is 0. The van der Waals surface area contributed by atoms with Crippen molar-refractivity contribution in [3.63, 3.8) is 0 Å². The number of carbonyl (C=O) groups excluding carboxylic acids is 2. The number of thioether (sulfide) groups is 1. The fourth-order valence-corrected chi connectivity index (χ4v) is 3.40. The molecule has 0 bridgehead atoms. The molecule has 0 aromatic rings. The molecule has 5 nitrogen and oxygen atoms in total. The molecule has 1 aliphatic rings. The van der Waals surface area contributed by atoms with Crippen LogP contribution in [-0.4, -0.2) is 54.0 Å². The van der Waals surface area contributed by atoms with E-state index < -0.39 is 6.03 Å². The summed E-state index contributed by atoms with van der Waals surface area (Å²) < 4.78 is 0. The molecule has 0 spiro atoms. The lowest BCUT2D eigenvalue weighted by atomic mass is 10.2. The molecule has 6 heteroatoms. The van der Waals surface area contributed by atoms with Crippen LogP contribution >= 0.6 is 11.8 Å². The number of hydrogen-bond acceptors (Lipinski definition) is 4. The number of carbonyl (C=O) groups is 2. The van der Waals surface area contributed by atoms with Crippen molar-refractivity contribution in [2.24, 2.45) is 0 Å². The van der Waals surface area contributed by atoms with E-state index in [4.69, 9.17) is 0 Å². The summed E-state index contributed by atoms with van der Waals surface area (Å²) in [5, 5.41) is 5.36. The van der Waals surface area contributed by atoms with Crippen molar-refractivity contribution in [2.75, 3.05) is 25.9 Å². The van der Waals surface area contributed by atoms with E-state index >= 15 is 0 Å². The number of amides is 3. The SMILES string of the molecule is CCS[C@@H]1CCCCN([C@@H](C)C(=O)NC(=O)NC)C1. The van der Waals surface area contributed by atoms with Crippen LogP contribution < -0.4 is 10.6 Å². The van der Waals surface area contributed by atoms with Crippen LogP contribution in [-0.2, 0) is 4.79 Å². The lowest BCUT2D eigenvalue weighted by Gasteiger charge is -2.28. The Kier molecular flexibility index (Phi) is 7.23. The fourth-order valence-electron chi connectivity index (χ4n) is 2.30. The highest BCUT2D eigenvalue weighted by atomic mass is 32.2. The zero-order valence-electron chi connectivity index (χ0n) is 12.1. The topological polar surface area (TPSA) is 61.4 Å². The normalized spacial score (nSPS) is 22.4. The van der Waals surface area contributed by atoms with Crippen molar-refractivity contribution in [1.82, 2.24) is 15.5 Å². The second-order valence-electron chi connectivity index (χ2n) is 4.81. The number of urea groups is 1. The van der Waals surface area contributed by atoms with E-state index in [1.54, 1.807) is 0 Å². The van der Waals surface area contributed by atoms with Gasteiger partial charge >= 0.3 is 6.03 Å². The Morgan fingerprint density at radius 1 is 1.42 bits per heavy atom. The van der Waals surface area contributed by atoms with Gasteiger partial charge in [-0.2, -0.15) is 11.8 Å². The molecule has 0 saturated carbocycles. The Morgan fingerprint density at radius 3 is 2.79 bits per heavy atom. The first kappa shape index (κ1) is 16.3. The van der Waals surface area contributed by atoms with Gasteiger partial charge in [-0.05, 0) is 32.1 Å². The van der Waals surface area contributed by atoms with Crippen LogP contribution in [0.2, 0.25) is 0 Å². The third kappa shape index (κ3) is 5.40. The van der Waals surface area contributed by atoms with Gasteiger partial charge in [-0.15, -0.1) is 0 Å². The van der Waals surface area contributed by atoms with Crippen molar-refractivity contribution in [3.8, 4) is 0 Å². The highest BCUT2D eigenvalue weighted by molar-refractivity contribution is 7.99. The number of nitrogens with one attached hydrogen (secondary N) is 2. The Bertz CT molecular complexity index is 312. The number of imide groups is 1. The van der Waals surface area contributed by atoms with Gasteiger partial charge < -0.3 is 5.32 Å². The largest absolute Gasteiger partial charge is 0.341 e. The Morgan fingerprint density at radius 2 is 2.16 bits per heavy atom. The number of likely N-dealkylation sites (tertiary alicyclic amines) is 1. The van der Waals surface area contributed by atoms with Gasteiger partial charge in [0.1, 0.15) is 0 Å². The van der Waals surface area contributed by atoms with Crippen LogP contribution in [0.4, 0.5) is 4.79 Å². The van der Waals surface area contributed by atoms with Gasteiger partial charge in [0, 0.05) is 18.8 Å². The van der Waals surface area contributed by atoms with Crippen LogP contribution in [0.3, 0.4) is 0 Å². The van der Waals surface area contributed by atoms with E-state index in [0.717, 1.165) is 25.3 Å². The van der Waals surface area contributed by atoms with E-state index in [1.165, 1.54) is 19.9 Å².